The van der Waals surface area contributed by atoms with Gasteiger partial charge in [0.2, 0.25) is 0 Å². The Bertz CT molecular complexity index is 1010. The van der Waals surface area contributed by atoms with Crippen molar-refractivity contribution in [2.45, 2.75) is 126 Å². The zero-order valence-corrected chi connectivity index (χ0v) is 23.0. The fraction of sp³-hybridized carbons (Fsp3) is 0.966. The molecule has 0 aromatic rings. The van der Waals surface area contributed by atoms with Crippen molar-refractivity contribution >= 4 is 5.97 Å². The summed E-state index contributed by atoms with van der Waals surface area (Å²) in [6.45, 7) is 4.25. The van der Waals surface area contributed by atoms with E-state index in [-0.39, 0.29) is 41.4 Å². The summed E-state index contributed by atoms with van der Waals surface area (Å²) in [4.78, 5) is 13.5. The van der Waals surface area contributed by atoms with Crippen LogP contribution in [0, 0.1) is 40.4 Å². The molecule has 6 N–H and O–H groups in total. The second-order valence-corrected chi connectivity index (χ2v) is 14.4. The minimum atomic E-state index is -1.43. The number of aliphatic hydroxyl groups is 4. The summed E-state index contributed by atoms with van der Waals surface area (Å²) in [7, 11) is 0. The monoisotopic (exact) mass is 551 g/mol. The standard InChI is InChI=1S/C29H45NO9/c1-26-12-22(37-25-20(33)10-19(32)21(13-31)36-25)29(30)11-14(26)3-4-18-17(26)5-7-27(2)16-6-8-28(18,27)39-24(35)15(16)9-23(34)38-29/h14-22,24-25,31-33,35H,3-13,30H2,1-2H3/t14-,15+,16?,17+,18?,19+,20-,21-,22?,24+,25?,26+,27-,28+,29-/m1/s1. The van der Waals surface area contributed by atoms with Crippen LogP contribution in [-0.4, -0.2) is 81.3 Å². The number of carbonyl (C=O) groups excluding carboxylic acids is 1. The first kappa shape index (κ1) is 27.0. The summed E-state index contributed by atoms with van der Waals surface area (Å²) in [6.07, 6.45) is 0.991. The first-order valence-corrected chi connectivity index (χ1v) is 15.1. The van der Waals surface area contributed by atoms with Crippen molar-refractivity contribution in [2.75, 3.05) is 6.61 Å². The largest absolute Gasteiger partial charge is 0.441 e. The van der Waals surface area contributed by atoms with Crippen molar-refractivity contribution in [3.63, 3.8) is 0 Å². The van der Waals surface area contributed by atoms with E-state index < -0.39 is 60.9 Å². The van der Waals surface area contributed by atoms with Crippen molar-refractivity contribution in [1.29, 1.82) is 0 Å². The summed E-state index contributed by atoms with van der Waals surface area (Å²) >= 11 is 0. The van der Waals surface area contributed by atoms with Crippen LogP contribution in [0.1, 0.15) is 78.1 Å². The molecule has 10 nitrogen and oxygen atoms in total. The van der Waals surface area contributed by atoms with Crippen LogP contribution in [0.2, 0.25) is 0 Å². The third kappa shape index (κ3) is 3.59. The second-order valence-electron chi connectivity index (χ2n) is 14.4. The maximum absolute atomic E-state index is 13.5. The van der Waals surface area contributed by atoms with Gasteiger partial charge in [0.05, 0.1) is 24.7 Å². The Balaban J connectivity index is 1.29. The van der Waals surface area contributed by atoms with E-state index in [1.165, 1.54) is 0 Å². The number of hydrogen-bond donors (Lipinski definition) is 5. The van der Waals surface area contributed by atoms with E-state index in [0.717, 1.165) is 38.5 Å². The summed E-state index contributed by atoms with van der Waals surface area (Å²) in [5.74, 6) is 0.227. The van der Waals surface area contributed by atoms with E-state index >= 15 is 0 Å². The molecule has 10 aliphatic rings. The molecule has 10 fully saturated rings. The molecule has 39 heavy (non-hydrogen) atoms. The van der Waals surface area contributed by atoms with Crippen molar-refractivity contribution in [3.8, 4) is 0 Å². The molecular weight excluding hydrogens is 506 g/mol. The highest BCUT2D eigenvalue weighted by Crippen LogP contribution is 2.73. The van der Waals surface area contributed by atoms with Crippen LogP contribution in [0.15, 0.2) is 0 Å². The number of rotatable bonds is 3. The molecule has 6 aliphatic heterocycles. The SMILES string of the molecule is C[C@]12CC(OC3O[C@H](CO)[C@@H](O)C[C@H]3O)[C@@]3(N)C[C@H]1CCC1[C@@H]2CC[C@]2(C)C4CC[C@]12O[C@H](O)[C@H]4CC(=O)O3. The Labute approximate surface area is 229 Å². The quantitative estimate of drug-likeness (QED) is 0.254. The number of esters is 1. The van der Waals surface area contributed by atoms with Gasteiger partial charge in [0.15, 0.2) is 18.3 Å². The van der Waals surface area contributed by atoms with Crippen molar-refractivity contribution < 1.29 is 44.2 Å². The van der Waals surface area contributed by atoms with Crippen LogP contribution < -0.4 is 5.73 Å². The molecule has 0 aromatic carbocycles. The second kappa shape index (κ2) is 8.83. The highest BCUT2D eigenvalue weighted by molar-refractivity contribution is 5.70. The molecular formula is C29H45NO9. The number of carbonyl (C=O) groups is 1. The lowest BCUT2D eigenvalue weighted by Gasteiger charge is -2.67. The summed E-state index contributed by atoms with van der Waals surface area (Å²) in [6, 6.07) is 0. The molecule has 0 amide bonds. The van der Waals surface area contributed by atoms with E-state index in [0.29, 0.717) is 24.7 Å². The van der Waals surface area contributed by atoms with E-state index in [1.54, 1.807) is 0 Å². The van der Waals surface area contributed by atoms with Crippen LogP contribution in [0.3, 0.4) is 0 Å². The normalized spacial score (nSPS) is 60.1. The molecule has 15 atom stereocenters. The van der Waals surface area contributed by atoms with E-state index in [4.69, 9.17) is 24.7 Å². The lowest BCUT2D eigenvalue weighted by molar-refractivity contribution is -0.338. The van der Waals surface area contributed by atoms with Crippen LogP contribution in [0.4, 0.5) is 0 Å². The maximum Gasteiger partial charge on any atom is 0.308 e. The van der Waals surface area contributed by atoms with Gasteiger partial charge in [-0.3, -0.25) is 10.5 Å². The van der Waals surface area contributed by atoms with Gasteiger partial charge in [-0.05, 0) is 74.0 Å². The van der Waals surface area contributed by atoms with Gasteiger partial charge in [-0.2, -0.15) is 0 Å². The predicted octanol–water partition coefficient (Wildman–Crippen LogP) is 1.16. The molecule has 10 heteroatoms. The van der Waals surface area contributed by atoms with Gasteiger partial charge in [-0.15, -0.1) is 0 Å². The van der Waals surface area contributed by atoms with E-state index in [9.17, 15) is 25.2 Å². The van der Waals surface area contributed by atoms with Crippen LogP contribution in [0.5, 0.6) is 0 Å². The van der Waals surface area contributed by atoms with Crippen LogP contribution in [0.25, 0.3) is 0 Å². The third-order valence-corrected chi connectivity index (χ3v) is 12.9. The molecule has 6 saturated heterocycles. The smallest absolute Gasteiger partial charge is 0.308 e. The van der Waals surface area contributed by atoms with Crippen LogP contribution >= 0.6 is 0 Å². The first-order chi connectivity index (χ1) is 18.4. The summed E-state index contributed by atoms with van der Waals surface area (Å²) in [5.41, 5.74) is 4.88. The molecule has 0 aromatic heterocycles. The van der Waals surface area contributed by atoms with Gasteiger partial charge in [-0.25, -0.2) is 0 Å². The number of nitrogens with two attached hydrogens (primary N) is 1. The fourth-order valence-electron chi connectivity index (χ4n) is 11.0. The van der Waals surface area contributed by atoms with Crippen LogP contribution in [-0.2, 0) is 23.7 Å². The molecule has 6 heterocycles. The average molecular weight is 552 g/mol. The number of ether oxygens (including phenoxy) is 4. The Morgan fingerprint density at radius 1 is 1.00 bits per heavy atom. The Kier molecular flexibility index (Phi) is 6.12. The number of hydrogen-bond acceptors (Lipinski definition) is 10. The van der Waals surface area contributed by atoms with Crippen molar-refractivity contribution in [2.24, 2.45) is 46.2 Å². The van der Waals surface area contributed by atoms with Gasteiger partial charge in [0.25, 0.3) is 0 Å². The minimum Gasteiger partial charge on any atom is -0.441 e. The van der Waals surface area contributed by atoms with E-state index in [1.807, 2.05) is 0 Å². The topological polar surface area (TPSA) is 161 Å². The fourth-order valence-corrected chi connectivity index (χ4v) is 11.0. The van der Waals surface area contributed by atoms with Crippen molar-refractivity contribution in [3.05, 3.63) is 0 Å². The molecule has 4 saturated carbocycles. The predicted molar refractivity (Wildman–Crippen MR) is 135 cm³/mol. The van der Waals surface area contributed by atoms with Gasteiger partial charge < -0.3 is 39.4 Å². The summed E-state index contributed by atoms with van der Waals surface area (Å²) in [5, 5.41) is 41.9. The molecule has 1 spiro atoms. The minimum absolute atomic E-state index is 0.00393. The molecule has 10 rings (SSSR count). The molecule has 0 radical (unpaired) electrons. The molecule has 220 valence electrons. The van der Waals surface area contributed by atoms with Gasteiger partial charge in [-0.1, -0.05) is 13.8 Å². The Morgan fingerprint density at radius 2 is 1.77 bits per heavy atom. The molecule has 9 bridgehead atoms. The highest BCUT2D eigenvalue weighted by atomic mass is 16.7. The van der Waals surface area contributed by atoms with Gasteiger partial charge in [0, 0.05) is 24.2 Å². The van der Waals surface area contributed by atoms with Crippen molar-refractivity contribution in [1.82, 2.24) is 0 Å². The zero-order valence-electron chi connectivity index (χ0n) is 23.0. The van der Waals surface area contributed by atoms with E-state index in [2.05, 4.69) is 13.8 Å². The molecule has 4 unspecified atom stereocenters. The summed E-state index contributed by atoms with van der Waals surface area (Å²) < 4.78 is 25.0. The Hall–Kier alpha value is -0.850. The maximum atomic E-state index is 13.5. The Morgan fingerprint density at radius 3 is 2.54 bits per heavy atom. The molecule has 4 aliphatic carbocycles. The lowest BCUT2D eigenvalue weighted by Crippen LogP contribution is -2.70. The average Bonchev–Trinajstić information content (AvgIpc) is 3.08. The van der Waals surface area contributed by atoms with Gasteiger partial charge >= 0.3 is 5.97 Å². The highest BCUT2D eigenvalue weighted by Gasteiger charge is 2.74. The third-order valence-electron chi connectivity index (χ3n) is 12.9. The zero-order chi connectivity index (χ0) is 27.5. The van der Waals surface area contributed by atoms with Gasteiger partial charge in [0.1, 0.15) is 18.3 Å². The lowest BCUT2D eigenvalue weighted by atomic mass is 9.42. The first-order valence-electron chi connectivity index (χ1n) is 15.1. The number of aliphatic hydroxyl groups excluding tert-OH is 4.